The molecule has 4 rings (SSSR count). The van der Waals surface area contributed by atoms with Gasteiger partial charge in [-0.05, 0) is 62.9 Å². The number of piperidine rings is 2. The van der Waals surface area contributed by atoms with Crippen molar-refractivity contribution in [1.82, 2.24) is 14.8 Å². The molecule has 5 heteroatoms. The molecule has 1 amide bonds. The van der Waals surface area contributed by atoms with Crippen molar-refractivity contribution in [3.8, 4) is 0 Å². The van der Waals surface area contributed by atoms with E-state index in [2.05, 4.69) is 14.8 Å². The van der Waals surface area contributed by atoms with Crippen molar-refractivity contribution in [2.45, 2.75) is 51.4 Å². The van der Waals surface area contributed by atoms with Crippen LogP contribution in [0.15, 0.2) is 10.9 Å². The van der Waals surface area contributed by atoms with E-state index in [9.17, 15) is 4.79 Å². The van der Waals surface area contributed by atoms with E-state index in [-0.39, 0.29) is 5.91 Å². The fraction of sp³-hybridized carbons (Fsp3) is 0.789. The van der Waals surface area contributed by atoms with Gasteiger partial charge in [0.1, 0.15) is 5.69 Å². The number of carbonyl (C=O) groups is 1. The molecule has 1 aromatic heterocycles. The molecule has 24 heavy (non-hydrogen) atoms. The quantitative estimate of drug-likeness (QED) is 0.837. The molecule has 1 aromatic rings. The summed E-state index contributed by atoms with van der Waals surface area (Å²) in [6.45, 7) is 5.63. The zero-order chi connectivity index (χ0) is 16.4. The summed E-state index contributed by atoms with van der Waals surface area (Å²) < 4.78 is 0. The lowest BCUT2D eigenvalue weighted by Gasteiger charge is -2.48. The average Bonchev–Trinajstić information content (AvgIpc) is 3.30. The van der Waals surface area contributed by atoms with Crippen LogP contribution in [0, 0.1) is 11.3 Å². The zero-order valence-corrected chi connectivity index (χ0v) is 15.4. The standard InChI is InChI=1S/C19H29N3OS/c23-18(17-13-24-15-20-17)22-9-3-6-19(14-22)7-10-21(11-8-19)12-16-4-1-2-5-16/h13,15-16H,1-12,14H2. The second kappa shape index (κ2) is 7.12. The summed E-state index contributed by atoms with van der Waals surface area (Å²) in [5.41, 5.74) is 2.76. The number of aromatic nitrogens is 1. The molecule has 0 bridgehead atoms. The van der Waals surface area contributed by atoms with Gasteiger partial charge in [-0.3, -0.25) is 4.79 Å². The summed E-state index contributed by atoms with van der Waals surface area (Å²) in [7, 11) is 0. The Morgan fingerprint density at radius 2 is 1.96 bits per heavy atom. The lowest BCUT2D eigenvalue weighted by Crippen LogP contribution is -2.51. The van der Waals surface area contributed by atoms with Gasteiger partial charge in [0.2, 0.25) is 0 Å². The van der Waals surface area contributed by atoms with Crippen LogP contribution in [-0.2, 0) is 0 Å². The fourth-order valence-electron chi connectivity index (χ4n) is 5.04. The van der Waals surface area contributed by atoms with Crippen LogP contribution in [-0.4, -0.2) is 53.4 Å². The van der Waals surface area contributed by atoms with Crippen molar-refractivity contribution in [2.75, 3.05) is 32.7 Å². The van der Waals surface area contributed by atoms with Crippen LogP contribution >= 0.6 is 11.3 Å². The average molecular weight is 348 g/mol. The number of likely N-dealkylation sites (tertiary alicyclic amines) is 2. The summed E-state index contributed by atoms with van der Waals surface area (Å²) >= 11 is 1.51. The molecule has 132 valence electrons. The minimum atomic E-state index is 0.142. The highest BCUT2D eigenvalue weighted by molar-refractivity contribution is 7.07. The van der Waals surface area contributed by atoms with Crippen molar-refractivity contribution in [3.63, 3.8) is 0 Å². The van der Waals surface area contributed by atoms with Crippen molar-refractivity contribution >= 4 is 17.2 Å². The van der Waals surface area contributed by atoms with Crippen LogP contribution in [0.2, 0.25) is 0 Å². The van der Waals surface area contributed by atoms with Gasteiger partial charge in [-0.25, -0.2) is 4.98 Å². The highest BCUT2D eigenvalue weighted by Crippen LogP contribution is 2.40. The Labute approximate surface area is 149 Å². The molecule has 0 radical (unpaired) electrons. The molecule has 3 aliphatic rings. The van der Waals surface area contributed by atoms with E-state index in [4.69, 9.17) is 0 Å². The third-order valence-corrected chi connectivity index (χ3v) is 7.09. The zero-order valence-electron chi connectivity index (χ0n) is 14.6. The summed E-state index contributed by atoms with van der Waals surface area (Å²) in [6, 6.07) is 0. The summed E-state index contributed by atoms with van der Waals surface area (Å²) in [5.74, 6) is 1.09. The SMILES string of the molecule is O=C(c1cscn1)N1CCCC2(CCN(CC3CCCC3)CC2)C1. The van der Waals surface area contributed by atoms with Gasteiger partial charge in [0, 0.05) is 25.0 Å². The van der Waals surface area contributed by atoms with E-state index in [0.717, 1.165) is 25.4 Å². The predicted molar refractivity (Wildman–Crippen MR) is 97.3 cm³/mol. The Morgan fingerprint density at radius 3 is 2.67 bits per heavy atom. The van der Waals surface area contributed by atoms with E-state index in [1.165, 1.54) is 75.9 Å². The third-order valence-electron chi connectivity index (χ3n) is 6.51. The van der Waals surface area contributed by atoms with Gasteiger partial charge >= 0.3 is 0 Å². The Balaban J connectivity index is 1.33. The number of amides is 1. The summed E-state index contributed by atoms with van der Waals surface area (Å²) in [6.07, 6.45) is 10.7. The summed E-state index contributed by atoms with van der Waals surface area (Å²) in [5, 5.41) is 1.88. The van der Waals surface area contributed by atoms with Gasteiger partial charge in [0.15, 0.2) is 0 Å². The normalized spacial score (nSPS) is 25.4. The number of hydrogen-bond acceptors (Lipinski definition) is 4. The van der Waals surface area contributed by atoms with Crippen LogP contribution in [0.5, 0.6) is 0 Å². The van der Waals surface area contributed by atoms with E-state index >= 15 is 0 Å². The number of carbonyl (C=O) groups excluding carboxylic acids is 1. The first-order valence-electron chi connectivity index (χ1n) is 9.64. The van der Waals surface area contributed by atoms with Gasteiger partial charge in [0.05, 0.1) is 5.51 Å². The van der Waals surface area contributed by atoms with Crippen LogP contribution in [0.3, 0.4) is 0 Å². The predicted octanol–water partition coefficient (Wildman–Crippen LogP) is 3.65. The molecule has 2 saturated heterocycles. The smallest absolute Gasteiger partial charge is 0.273 e. The third kappa shape index (κ3) is 3.52. The van der Waals surface area contributed by atoms with Gasteiger partial charge in [-0.2, -0.15) is 0 Å². The Kier molecular flexibility index (Phi) is 4.90. The van der Waals surface area contributed by atoms with Gasteiger partial charge < -0.3 is 9.80 Å². The molecular weight excluding hydrogens is 318 g/mol. The molecule has 0 atom stereocenters. The first-order valence-corrected chi connectivity index (χ1v) is 10.6. The first-order chi connectivity index (χ1) is 11.7. The number of thiazole rings is 1. The van der Waals surface area contributed by atoms with Crippen LogP contribution < -0.4 is 0 Å². The van der Waals surface area contributed by atoms with Gasteiger partial charge in [0.25, 0.3) is 5.91 Å². The molecular formula is C19H29N3OS. The molecule has 3 heterocycles. The Hall–Kier alpha value is -0.940. The number of nitrogens with zero attached hydrogens (tertiary/aromatic N) is 3. The largest absolute Gasteiger partial charge is 0.337 e. The van der Waals surface area contributed by atoms with E-state index in [0.29, 0.717) is 11.1 Å². The first kappa shape index (κ1) is 16.5. The highest BCUT2D eigenvalue weighted by atomic mass is 32.1. The molecule has 0 aromatic carbocycles. The highest BCUT2D eigenvalue weighted by Gasteiger charge is 2.40. The molecule has 0 unspecified atom stereocenters. The molecule has 2 aliphatic heterocycles. The minimum Gasteiger partial charge on any atom is -0.337 e. The molecule has 1 aliphatic carbocycles. The Morgan fingerprint density at radius 1 is 1.17 bits per heavy atom. The maximum absolute atomic E-state index is 12.6. The van der Waals surface area contributed by atoms with Crippen LogP contribution in [0.4, 0.5) is 0 Å². The van der Waals surface area contributed by atoms with Gasteiger partial charge in [-0.15, -0.1) is 11.3 Å². The van der Waals surface area contributed by atoms with E-state index < -0.39 is 0 Å². The van der Waals surface area contributed by atoms with E-state index in [1.54, 1.807) is 5.51 Å². The maximum Gasteiger partial charge on any atom is 0.273 e. The van der Waals surface area contributed by atoms with Gasteiger partial charge in [-0.1, -0.05) is 12.8 Å². The fourth-order valence-corrected chi connectivity index (χ4v) is 5.56. The lowest BCUT2D eigenvalue weighted by atomic mass is 9.72. The van der Waals surface area contributed by atoms with E-state index in [1.807, 2.05) is 5.38 Å². The van der Waals surface area contributed by atoms with Crippen molar-refractivity contribution < 1.29 is 4.79 Å². The Bertz CT molecular complexity index is 545. The second-order valence-corrected chi connectivity index (χ2v) is 8.87. The number of hydrogen-bond donors (Lipinski definition) is 0. The lowest BCUT2D eigenvalue weighted by molar-refractivity contribution is 0.0182. The van der Waals surface area contributed by atoms with Crippen molar-refractivity contribution in [2.24, 2.45) is 11.3 Å². The van der Waals surface area contributed by atoms with Crippen molar-refractivity contribution in [3.05, 3.63) is 16.6 Å². The molecule has 4 nitrogen and oxygen atoms in total. The van der Waals surface area contributed by atoms with Crippen molar-refractivity contribution in [1.29, 1.82) is 0 Å². The molecule has 1 spiro atoms. The molecule has 1 saturated carbocycles. The maximum atomic E-state index is 12.6. The molecule has 0 N–H and O–H groups in total. The van der Waals surface area contributed by atoms with Crippen LogP contribution in [0.25, 0.3) is 0 Å². The van der Waals surface area contributed by atoms with Crippen LogP contribution in [0.1, 0.15) is 61.9 Å². The minimum absolute atomic E-state index is 0.142. The molecule has 3 fully saturated rings. The second-order valence-electron chi connectivity index (χ2n) is 8.16. The topological polar surface area (TPSA) is 36.4 Å². The number of rotatable bonds is 3. The monoisotopic (exact) mass is 347 g/mol. The summed E-state index contributed by atoms with van der Waals surface area (Å²) in [4.78, 5) is 21.6.